The van der Waals surface area contributed by atoms with E-state index in [0.717, 1.165) is 86.5 Å². The molecule has 18 aromatic rings. The lowest BCUT2D eigenvalue weighted by Gasteiger charge is -2.26. The molecule has 137 heavy (non-hydrogen) atoms. The highest BCUT2D eigenvalue weighted by molar-refractivity contribution is 7.99. The van der Waals surface area contributed by atoms with Crippen LogP contribution >= 0.6 is 23.5 Å². The van der Waals surface area contributed by atoms with Gasteiger partial charge in [-0.2, -0.15) is 26.3 Å². The molecule has 18 rings (SSSR count). The van der Waals surface area contributed by atoms with E-state index in [1.54, 1.807) is 71.9 Å². The number of halogens is 6. The first-order valence-corrected chi connectivity index (χ1v) is 47.4. The van der Waals surface area contributed by atoms with Crippen molar-refractivity contribution in [1.82, 2.24) is 0 Å². The number of para-hydroxylation sites is 2. The van der Waals surface area contributed by atoms with Gasteiger partial charge in [0.25, 0.3) is 0 Å². The molecule has 0 amide bonds. The van der Waals surface area contributed by atoms with Gasteiger partial charge in [0.15, 0.2) is 0 Å². The SMILES string of the molecule is CC.CC.Cc1ccc(-c2ccc(N(c3ccc(C)cc3)c3ccc(Sc4ccc(N(C)c5ccc(C)cc5)cc4)cc3)cc2)cc1.Cc1ccc(-c2ccc(N(c3ccc(Oc4ccc(N(C)c5ccc(C(F)(F)F)cc5)cc4)cc3)c3ccc(C(F)(F)F)cc3)cc2)cc1.Cc1ccc(-c2ccc(N(c3ccccc3)c3ccc(Sc4ccc(N(C)c5ccccc5)cc4)cc3)cc2)cc1. The Morgan fingerprint density at radius 3 is 0.577 bits per heavy atom. The number of ether oxygens (including phenoxy) is 1. The summed E-state index contributed by atoms with van der Waals surface area (Å²) in [6.45, 7) is 18.5. The van der Waals surface area contributed by atoms with Crippen LogP contribution in [0.25, 0.3) is 33.4 Å². The molecule has 0 spiro atoms. The monoisotopic (exact) mass is 1850 g/mol. The zero-order valence-electron chi connectivity index (χ0n) is 78.9. The molecule has 0 radical (unpaired) electrons. The Hall–Kier alpha value is -15.2. The summed E-state index contributed by atoms with van der Waals surface area (Å²) < 4.78 is 84.9. The maximum Gasteiger partial charge on any atom is 0.416 e. The van der Waals surface area contributed by atoms with Gasteiger partial charge in [0.2, 0.25) is 0 Å². The first kappa shape index (κ1) is 97.9. The van der Waals surface area contributed by atoms with E-state index in [4.69, 9.17) is 4.74 Å². The topological polar surface area (TPSA) is 28.7 Å². The van der Waals surface area contributed by atoms with Crippen molar-refractivity contribution in [2.24, 2.45) is 0 Å². The molecule has 0 bridgehead atoms. The van der Waals surface area contributed by atoms with E-state index < -0.39 is 23.5 Å². The number of aryl methyl sites for hydroxylation is 5. The van der Waals surface area contributed by atoms with E-state index in [2.05, 4.69) is 359 Å². The van der Waals surface area contributed by atoms with Crippen LogP contribution in [0.3, 0.4) is 0 Å². The second-order valence-corrected chi connectivity index (χ2v) is 34.9. The number of hydrogen-bond donors (Lipinski definition) is 0. The predicted octanol–water partition coefficient (Wildman–Crippen LogP) is 37.5. The Balaban J connectivity index is 0.000000162. The maximum absolute atomic E-state index is 13.3. The van der Waals surface area contributed by atoms with E-state index >= 15 is 0 Å². The molecule has 0 saturated heterocycles. The number of alkyl halides is 6. The second kappa shape index (κ2) is 46.2. The van der Waals surface area contributed by atoms with Crippen LogP contribution in [-0.4, -0.2) is 21.1 Å². The van der Waals surface area contributed by atoms with Gasteiger partial charge < -0.3 is 34.1 Å². The zero-order valence-corrected chi connectivity index (χ0v) is 80.5. The zero-order chi connectivity index (χ0) is 96.5. The summed E-state index contributed by atoms with van der Waals surface area (Å²) >= 11 is 3.56. The van der Waals surface area contributed by atoms with Crippen molar-refractivity contribution < 1.29 is 31.1 Å². The minimum Gasteiger partial charge on any atom is -0.457 e. The van der Waals surface area contributed by atoms with Gasteiger partial charge in [-0.1, -0.05) is 249 Å². The summed E-state index contributed by atoms with van der Waals surface area (Å²) in [5, 5.41) is 0. The van der Waals surface area contributed by atoms with Crippen LogP contribution < -0.4 is 34.1 Å². The maximum atomic E-state index is 13.3. The van der Waals surface area contributed by atoms with Gasteiger partial charge >= 0.3 is 12.4 Å². The minimum atomic E-state index is -4.45. The Morgan fingerprint density at radius 2 is 0.336 bits per heavy atom. The molecule has 0 fully saturated rings. The van der Waals surface area contributed by atoms with Gasteiger partial charge in [-0.15, -0.1) is 0 Å². The molecule has 0 aliphatic heterocycles. The van der Waals surface area contributed by atoms with Gasteiger partial charge in [0, 0.05) is 126 Å². The lowest BCUT2D eigenvalue weighted by atomic mass is 10.0. The quantitative estimate of drug-likeness (QED) is 0.0549. The molecule has 0 aliphatic carbocycles. The smallest absolute Gasteiger partial charge is 0.416 e. The lowest BCUT2D eigenvalue weighted by molar-refractivity contribution is -0.138. The van der Waals surface area contributed by atoms with E-state index in [1.165, 1.54) is 111 Å². The van der Waals surface area contributed by atoms with Gasteiger partial charge in [0.1, 0.15) is 11.5 Å². The van der Waals surface area contributed by atoms with Crippen molar-refractivity contribution in [1.29, 1.82) is 0 Å². The molecule has 7 nitrogen and oxygen atoms in total. The first-order valence-electron chi connectivity index (χ1n) is 45.8. The second-order valence-electron chi connectivity index (χ2n) is 32.6. The van der Waals surface area contributed by atoms with E-state index in [9.17, 15) is 26.3 Å². The molecule has 0 aliphatic rings. The van der Waals surface area contributed by atoms with Gasteiger partial charge in [-0.05, 0) is 347 Å². The third-order valence-electron chi connectivity index (χ3n) is 23.1. The normalized spacial score (nSPS) is 10.9. The van der Waals surface area contributed by atoms with Gasteiger partial charge in [-0.3, -0.25) is 0 Å². The van der Waals surface area contributed by atoms with Crippen molar-refractivity contribution in [3.8, 4) is 44.9 Å². The van der Waals surface area contributed by atoms with Crippen LogP contribution in [0, 0.1) is 34.6 Å². The van der Waals surface area contributed by atoms with Crippen LogP contribution in [0.1, 0.15) is 66.6 Å². The molecule has 15 heteroatoms. The summed E-state index contributed by atoms with van der Waals surface area (Å²) in [4.78, 5) is 17.5. The van der Waals surface area contributed by atoms with E-state index in [0.29, 0.717) is 28.6 Å². The third kappa shape index (κ3) is 25.9. The van der Waals surface area contributed by atoms with Crippen LogP contribution in [-0.2, 0) is 12.4 Å². The van der Waals surface area contributed by atoms with Crippen molar-refractivity contribution in [3.63, 3.8) is 0 Å². The first-order chi connectivity index (χ1) is 66.4. The Morgan fingerprint density at radius 1 is 0.182 bits per heavy atom. The summed E-state index contributed by atoms with van der Waals surface area (Å²) in [6.07, 6.45) is -8.85. The minimum absolute atomic E-state index is 0.537. The summed E-state index contributed by atoms with van der Waals surface area (Å²) in [6, 6.07) is 149. The van der Waals surface area contributed by atoms with Crippen molar-refractivity contribution >= 4 is 109 Å². The summed E-state index contributed by atoms with van der Waals surface area (Å²) in [5.74, 6) is 1.08. The Bertz CT molecular complexity index is 6770. The van der Waals surface area contributed by atoms with Gasteiger partial charge in [0.05, 0.1) is 11.1 Å². The van der Waals surface area contributed by atoms with Crippen molar-refractivity contribution in [2.45, 2.75) is 94.2 Å². The summed E-state index contributed by atoms with van der Waals surface area (Å²) in [5.41, 5.74) is 26.6. The molecule has 0 unspecified atom stereocenters. The molecular formula is C122H110F6N6OS2. The molecule has 0 heterocycles. The fraction of sp³-hybridized carbons (Fsp3) is 0.115. The Kier molecular flexibility index (Phi) is 33.0. The molecule has 18 aromatic carbocycles. The van der Waals surface area contributed by atoms with Crippen molar-refractivity contribution in [2.75, 3.05) is 50.5 Å². The Labute approximate surface area is 811 Å². The molecule has 0 saturated carbocycles. The molecule has 0 aromatic heterocycles. The van der Waals surface area contributed by atoms with E-state index in [-0.39, 0.29) is 0 Å². The molecular weight excluding hydrogens is 1740 g/mol. The van der Waals surface area contributed by atoms with Crippen LogP contribution in [0.15, 0.2) is 468 Å². The number of nitrogens with zero attached hydrogens (tertiary/aromatic N) is 6. The number of benzene rings is 18. The fourth-order valence-electron chi connectivity index (χ4n) is 15.4. The van der Waals surface area contributed by atoms with Crippen LogP contribution in [0.2, 0.25) is 0 Å². The highest BCUT2D eigenvalue weighted by Crippen LogP contribution is 2.45. The number of anilines is 15. The molecule has 0 atom stereocenters. The fourth-order valence-corrected chi connectivity index (χ4v) is 17.0. The number of rotatable bonds is 24. The van der Waals surface area contributed by atoms with Crippen molar-refractivity contribution in [3.05, 3.63) is 488 Å². The summed E-state index contributed by atoms with van der Waals surface area (Å²) in [7, 11) is 5.97. The standard InChI is InChI=1S/C40H30F6N2O.C40H36N2S.C38H32N2S.2C2H6/c1-27-3-5-28(6-4-27)29-7-13-34(14-8-29)48(35-17-11-31(12-18-35)40(44,45)46)36-21-25-38(26-22-36)49-37-23-19-33(20-24-37)47(2)32-15-9-30(10-16-32)39(41,42)43;1-29-5-11-32(12-6-29)33-13-19-37(20-14-33)42(36-17-9-31(3)10-18-36)38-23-27-40(28-24-38)43-39-25-21-35(22-26-39)41(4)34-15-7-30(2)8-16-34;1-29-13-15-30(16-14-29)31-17-19-35(20-18-31)40(34-11-7-4-8-12-34)36-23-27-38(28-24-36)41-37-25-21-33(22-26-37)39(2)32-9-5-3-6-10-32;2*1-2/h3-26H,1-2H3;5-28H,1-4H3;3-28H,1-2H3;2*1-2H3. The van der Waals surface area contributed by atoms with Crippen LogP contribution in [0.5, 0.6) is 11.5 Å². The molecule has 0 N–H and O–H groups in total. The highest BCUT2D eigenvalue weighted by atomic mass is 32.2. The molecule has 688 valence electrons. The third-order valence-corrected chi connectivity index (χ3v) is 25.1. The number of hydrogen-bond acceptors (Lipinski definition) is 9. The largest absolute Gasteiger partial charge is 0.457 e. The van der Waals surface area contributed by atoms with Gasteiger partial charge in [-0.25, -0.2) is 0 Å². The highest BCUT2D eigenvalue weighted by Gasteiger charge is 2.32. The lowest BCUT2D eigenvalue weighted by Crippen LogP contribution is -2.11. The average molecular weight is 1850 g/mol. The average Bonchev–Trinajstić information content (AvgIpc) is 0.796. The predicted molar refractivity (Wildman–Crippen MR) is 567 cm³/mol. The van der Waals surface area contributed by atoms with E-state index in [1.807, 2.05) is 106 Å². The van der Waals surface area contributed by atoms with Crippen LogP contribution in [0.4, 0.5) is 112 Å².